The molecule has 0 aromatic carbocycles. The van der Waals surface area contributed by atoms with Crippen molar-refractivity contribution < 1.29 is 0 Å². The first-order chi connectivity index (χ1) is 5.60. The van der Waals surface area contributed by atoms with Gasteiger partial charge >= 0.3 is 0 Å². The molecule has 0 N–H and O–H groups in total. The first kappa shape index (κ1) is 10.1. The minimum atomic E-state index is -0.187. The normalized spacial score (nSPS) is 30.9. The number of aliphatic imine (C=N–C) groups is 1. The van der Waals surface area contributed by atoms with Crippen molar-refractivity contribution in [2.24, 2.45) is 10.2 Å². The van der Waals surface area contributed by atoms with Crippen LogP contribution in [-0.4, -0.2) is 21.0 Å². The smallest absolute Gasteiger partial charge is 0.158 e. The first-order valence-electron chi connectivity index (χ1n) is 3.82. The van der Waals surface area contributed by atoms with Crippen molar-refractivity contribution in [3.8, 4) is 0 Å². The standard InChI is InChI=1S/C7H12N2OS2/c1-4-8-6-11-5(9-10)7(2,3)12-6/h5H,4H2,1-3H3. The lowest BCUT2D eigenvalue weighted by atomic mass is 10.2. The number of hydrogen-bond acceptors (Lipinski definition) is 5. The Bertz CT molecular complexity index is 215. The van der Waals surface area contributed by atoms with Crippen molar-refractivity contribution in [2.45, 2.75) is 30.9 Å². The lowest BCUT2D eigenvalue weighted by molar-refractivity contribution is 0.689. The molecule has 1 aliphatic rings. The van der Waals surface area contributed by atoms with E-state index in [2.05, 4.69) is 10.2 Å². The number of nitrogens with zero attached hydrogens (tertiary/aromatic N) is 2. The van der Waals surface area contributed by atoms with Crippen molar-refractivity contribution in [1.29, 1.82) is 0 Å². The summed E-state index contributed by atoms with van der Waals surface area (Å²) in [5, 5.41) is 2.90. The molecule has 1 fully saturated rings. The highest BCUT2D eigenvalue weighted by Crippen LogP contribution is 2.47. The highest BCUT2D eigenvalue weighted by Gasteiger charge is 2.41. The van der Waals surface area contributed by atoms with Gasteiger partial charge in [0.25, 0.3) is 0 Å². The van der Waals surface area contributed by atoms with Gasteiger partial charge in [-0.05, 0) is 20.8 Å². The van der Waals surface area contributed by atoms with Crippen LogP contribution >= 0.6 is 23.5 Å². The minimum Gasteiger partial charge on any atom is -0.272 e. The Balaban J connectivity index is 2.72. The Kier molecular flexibility index (Phi) is 3.17. The molecule has 1 rings (SSSR count). The third kappa shape index (κ3) is 2.01. The van der Waals surface area contributed by atoms with Crippen LogP contribution in [0.2, 0.25) is 0 Å². The Morgan fingerprint density at radius 2 is 2.25 bits per heavy atom. The maximum Gasteiger partial charge on any atom is 0.158 e. The number of nitroso groups, excluding NO2 is 1. The summed E-state index contributed by atoms with van der Waals surface area (Å²) < 4.78 is 0.896. The summed E-state index contributed by atoms with van der Waals surface area (Å²) in [4.78, 5) is 14.7. The number of hydrogen-bond donors (Lipinski definition) is 0. The van der Waals surface area contributed by atoms with Gasteiger partial charge in [0, 0.05) is 6.54 Å². The molecule has 0 spiro atoms. The van der Waals surface area contributed by atoms with Crippen LogP contribution in [0.1, 0.15) is 20.8 Å². The lowest BCUT2D eigenvalue weighted by Gasteiger charge is -2.16. The Labute approximate surface area is 80.8 Å². The fourth-order valence-electron chi connectivity index (χ4n) is 0.884. The summed E-state index contributed by atoms with van der Waals surface area (Å²) >= 11 is 3.12. The number of rotatable bonds is 2. The molecule has 1 heterocycles. The molecular weight excluding hydrogens is 192 g/mol. The fourth-order valence-corrected chi connectivity index (χ4v) is 3.79. The van der Waals surface area contributed by atoms with Gasteiger partial charge in [0.2, 0.25) is 0 Å². The van der Waals surface area contributed by atoms with E-state index in [0.29, 0.717) is 0 Å². The molecule has 0 saturated carbocycles. The SMILES string of the molecule is CCN=C1SC(N=O)C(C)(C)S1. The first-order valence-corrected chi connectivity index (χ1v) is 5.52. The van der Waals surface area contributed by atoms with Gasteiger partial charge in [0.15, 0.2) is 5.37 Å². The zero-order valence-electron chi connectivity index (χ0n) is 7.40. The Hall–Kier alpha value is -0.0300. The third-order valence-corrected chi connectivity index (χ3v) is 4.51. The van der Waals surface area contributed by atoms with Crippen LogP contribution in [0.3, 0.4) is 0 Å². The maximum absolute atomic E-state index is 10.4. The van der Waals surface area contributed by atoms with E-state index in [1.807, 2.05) is 20.8 Å². The topological polar surface area (TPSA) is 41.8 Å². The zero-order chi connectivity index (χ0) is 9.19. The van der Waals surface area contributed by atoms with E-state index < -0.39 is 0 Å². The molecule has 1 atom stereocenters. The summed E-state index contributed by atoms with van der Waals surface area (Å²) in [5.41, 5.74) is 0. The Morgan fingerprint density at radius 1 is 1.58 bits per heavy atom. The second-order valence-corrected chi connectivity index (χ2v) is 5.99. The molecule has 0 amide bonds. The molecule has 0 bridgehead atoms. The van der Waals surface area contributed by atoms with Crippen LogP contribution in [0.4, 0.5) is 0 Å². The monoisotopic (exact) mass is 204 g/mol. The molecule has 3 nitrogen and oxygen atoms in total. The average Bonchev–Trinajstić information content (AvgIpc) is 2.25. The Morgan fingerprint density at radius 3 is 2.67 bits per heavy atom. The molecule has 1 saturated heterocycles. The van der Waals surface area contributed by atoms with Crippen LogP contribution in [0.15, 0.2) is 10.2 Å². The molecule has 1 unspecified atom stereocenters. The molecule has 0 aliphatic carbocycles. The van der Waals surface area contributed by atoms with Crippen LogP contribution in [0.5, 0.6) is 0 Å². The molecular formula is C7H12N2OS2. The van der Waals surface area contributed by atoms with Crippen molar-refractivity contribution in [3.63, 3.8) is 0 Å². The second-order valence-electron chi connectivity index (χ2n) is 3.02. The summed E-state index contributed by atoms with van der Waals surface area (Å²) in [6, 6.07) is 0. The van der Waals surface area contributed by atoms with Crippen LogP contribution in [-0.2, 0) is 0 Å². The van der Waals surface area contributed by atoms with E-state index in [0.717, 1.165) is 10.9 Å². The molecule has 68 valence electrons. The van der Waals surface area contributed by atoms with Gasteiger partial charge < -0.3 is 0 Å². The summed E-state index contributed by atoms with van der Waals surface area (Å²) in [6.45, 7) is 6.81. The van der Waals surface area contributed by atoms with Gasteiger partial charge in [-0.15, -0.1) is 4.91 Å². The molecule has 1 aliphatic heterocycles. The van der Waals surface area contributed by atoms with Gasteiger partial charge in [-0.1, -0.05) is 28.7 Å². The predicted octanol–water partition coefficient (Wildman–Crippen LogP) is 2.71. The van der Waals surface area contributed by atoms with E-state index in [-0.39, 0.29) is 10.1 Å². The predicted molar refractivity (Wildman–Crippen MR) is 56.8 cm³/mol. The second kappa shape index (κ2) is 3.79. The molecule has 5 heteroatoms. The maximum atomic E-state index is 10.4. The minimum absolute atomic E-state index is 0.0968. The third-order valence-electron chi connectivity index (χ3n) is 1.54. The van der Waals surface area contributed by atoms with Gasteiger partial charge in [0.05, 0.1) is 4.75 Å². The van der Waals surface area contributed by atoms with Crippen LogP contribution in [0, 0.1) is 4.91 Å². The van der Waals surface area contributed by atoms with Crippen molar-refractivity contribution in [1.82, 2.24) is 0 Å². The largest absolute Gasteiger partial charge is 0.272 e. The van der Waals surface area contributed by atoms with Crippen molar-refractivity contribution in [2.75, 3.05) is 6.54 Å². The van der Waals surface area contributed by atoms with E-state index in [1.54, 1.807) is 11.8 Å². The van der Waals surface area contributed by atoms with Gasteiger partial charge in [0.1, 0.15) is 4.38 Å². The highest BCUT2D eigenvalue weighted by atomic mass is 32.2. The highest BCUT2D eigenvalue weighted by molar-refractivity contribution is 8.42. The number of thioether (sulfide) groups is 2. The van der Waals surface area contributed by atoms with Gasteiger partial charge in [-0.3, -0.25) is 4.99 Å². The van der Waals surface area contributed by atoms with Crippen molar-refractivity contribution in [3.05, 3.63) is 4.91 Å². The molecule has 0 aromatic rings. The van der Waals surface area contributed by atoms with Gasteiger partial charge in [-0.25, -0.2) is 0 Å². The molecule has 0 radical (unpaired) electrons. The van der Waals surface area contributed by atoms with E-state index in [9.17, 15) is 4.91 Å². The van der Waals surface area contributed by atoms with E-state index in [4.69, 9.17) is 0 Å². The summed E-state index contributed by atoms with van der Waals surface area (Å²) in [7, 11) is 0. The van der Waals surface area contributed by atoms with Gasteiger partial charge in [-0.2, -0.15) is 0 Å². The lowest BCUT2D eigenvalue weighted by Crippen LogP contribution is -2.22. The van der Waals surface area contributed by atoms with Crippen LogP contribution < -0.4 is 0 Å². The summed E-state index contributed by atoms with van der Waals surface area (Å²) in [5.74, 6) is 0. The quantitative estimate of drug-likeness (QED) is 0.649. The fraction of sp³-hybridized carbons (Fsp3) is 0.857. The van der Waals surface area contributed by atoms with Crippen molar-refractivity contribution >= 4 is 27.9 Å². The van der Waals surface area contributed by atoms with E-state index >= 15 is 0 Å². The average molecular weight is 204 g/mol. The molecule has 0 aromatic heterocycles. The molecule has 12 heavy (non-hydrogen) atoms. The zero-order valence-corrected chi connectivity index (χ0v) is 9.04. The van der Waals surface area contributed by atoms with E-state index in [1.165, 1.54) is 11.8 Å². The van der Waals surface area contributed by atoms with Crippen LogP contribution in [0.25, 0.3) is 0 Å². The summed E-state index contributed by atoms with van der Waals surface area (Å²) in [6.07, 6.45) is 0.